The quantitative estimate of drug-likeness (QED) is 0.664. The predicted molar refractivity (Wildman–Crippen MR) is 52.5 cm³/mol. The molecule has 0 aliphatic carbocycles. The van der Waals surface area contributed by atoms with Gasteiger partial charge in [-0.25, -0.2) is 6.57 Å². The smallest absolute Gasteiger partial charge is 0.239 e. The highest BCUT2D eigenvalue weighted by molar-refractivity contribution is 5.51. The van der Waals surface area contributed by atoms with Crippen LogP contribution in [0.5, 0.6) is 11.5 Å². The Balaban J connectivity index is 2.45. The van der Waals surface area contributed by atoms with Gasteiger partial charge in [0.1, 0.15) is 0 Å². The third kappa shape index (κ3) is 1.39. The molecule has 1 aromatic rings. The van der Waals surface area contributed by atoms with Crippen LogP contribution in [0.25, 0.3) is 4.85 Å². The minimum Gasteiger partial charge on any atom is -0.493 e. The molecule has 0 amide bonds. The normalized spacial score (nSPS) is 12.9. The van der Waals surface area contributed by atoms with Crippen molar-refractivity contribution in [2.75, 3.05) is 13.7 Å². The molecule has 1 aromatic carbocycles. The summed E-state index contributed by atoms with van der Waals surface area (Å²) in [6.45, 7) is 7.94. The van der Waals surface area contributed by atoms with Crippen LogP contribution in [0, 0.1) is 6.57 Å². The lowest BCUT2D eigenvalue weighted by atomic mass is 10.1. The summed E-state index contributed by atoms with van der Waals surface area (Å²) in [7, 11) is 1.62. The van der Waals surface area contributed by atoms with Crippen LogP contribution in [-0.2, 0) is 13.0 Å². The van der Waals surface area contributed by atoms with Crippen molar-refractivity contribution in [1.82, 2.24) is 0 Å². The predicted octanol–water partition coefficient (Wildman–Crippen LogP) is 2.05. The van der Waals surface area contributed by atoms with Crippen molar-refractivity contribution in [1.29, 1.82) is 0 Å². The maximum absolute atomic E-state index is 6.82. The van der Waals surface area contributed by atoms with Crippen molar-refractivity contribution >= 4 is 0 Å². The summed E-state index contributed by atoms with van der Waals surface area (Å²) in [4.78, 5) is 3.36. The standard InChI is InChI=1S/C11H11NO2/c1-12-7-8-5-9-3-4-14-11(9)10(6-8)13-2/h5-6H,3-4,7H2,2H3. The fourth-order valence-electron chi connectivity index (χ4n) is 1.67. The van der Waals surface area contributed by atoms with Crippen molar-refractivity contribution in [2.24, 2.45) is 0 Å². The molecule has 0 aromatic heterocycles. The minimum atomic E-state index is 0.406. The lowest BCUT2D eigenvalue weighted by Crippen LogP contribution is -1.91. The highest BCUT2D eigenvalue weighted by atomic mass is 16.5. The molecule has 1 aliphatic rings. The number of ether oxygens (including phenoxy) is 2. The van der Waals surface area contributed by atoms with E-state index in [1.807, 2.05) is 12.1 Å². The van der Waals surface area contributed by atoms with Crippen LogP contribution >= 0.6 is 0 Å². The summed E-state index contributed by atoms with van der Waals surface area (Å²) in [5, 5.41) is 0. The van der Waals surface area contributed by atoms with E-state index in [0.717, 1.165) is 29.0 Å². The molecule has 0 fully saturated rings. The summed E-state index contributed by atoms with van der Waals surface area (Å²) >= 11 is 0. The molecule has 0 atom stereocenters. The highest BCUT2D eigenvalue weighted by Crippen LogP contribution is 2.36. The fourth-order valence-corrected chi connectivity index (χ4v) is 1.67. The van der Waals surface area contributed by atoms with Gasteiger partial charge in [0.15, 0.2) is 11.5 Å². The van der Waals surface area contributed by atoms with Gasteiger partial charge >= 0.3 is 0 Å². The first-order valence-electron chi connectivity index (χ1n) is 4.51. The molecule has 0 spiro atoms. The number of rotatable bonds is 2. The maximum atomic E-state index is 6.82. The zero-order valence-electron chi connectivity index (χ0n) is 8.04. The van der Waals surface area contributed by atoms with Gasteiger partial charge in [0.2, 0.25) is 6.54 Å². The molecule has 3 nitrogen and oxygen atoms in total. The Morgan fingerprint density at radius 1 is 1.57 bits per heavy atom. The van der Waals surface area contributed by atoms with Crippen LogP contribution in [-0.4, -0.2) is 13.7 Å². The van der Waals surface area contributed by atoms with Crippen LogP contribution in [0.1, 0.15) is 11.1 Å². The zero-order chi connectivity index (χ0) is 9.97. The molecule has 0 saturated carbocycles. The Labute approximate surface area is 83.1 Å². The summed E-state index contributed by atoms with van der Waals surface area (Å²) in [6, 6.07) is 3.91. The van der Waals surface area contributed by atoms with Crippen LogP contribution in [0.15, 0.2) is 12.1 Å². The third-order valence-electron chi connectivity index (χ3n) is 2.29. The second-order valence-electron chi connectivity index (χ2n) is 3.20. The van der Waals surface area contributed by atoms with Crippen molar-refractivity contribution in [2.45, 2.75) is 13.0 Å². The largest absolute Gasteiger partial charge is 0.493 e. The van der Waals surface area contributed by atoms with Gasteiger partial charge in [-0.15, -0.1) is 0 Å². The topological polar surface area (TPSA) is 22.8 Å². The van der Waals surface area contributed by atoms with E-state index in [-0.39, 0.29) is 0 Å². The molecule has 3 heteroatoms. The first-order valence-corrected chi connectivity index (χ1v) is 4.51. The van der Waals surface area contributed by atoms with Gasteiger partial charge in [0.25, 0.3) is 0 Å². The molecular weight excluding hydrogens is 178 g/mol. The Morgan fingerprint density at radius 3 is 3.14 bits per heavy atom. The van der Waals surface area contributed by atoms with Gasteiger partial charge in [0, 0.05) is 17.5 Å². The first kappa shape index (κ1) is 8.89. The SMILES string of the molecule is [C-]#[N+]Cc1cc2c(c(OC)c1)OCC2. The zero-order valence-corrected chi connectivity index (χ0v) is 8.04. The molecule has 0 bridgehead atoms. The first-order chi connectivity index (χ1) is 6.85. The van der Waals surface area contributed by atoms with Crippen molar-refractivity contribution < 1.29 is 9.47 Å². The summed E-state index contributed by atoms with van der Waals surface area (Å²) in [5.74, 6) is 1.60. The maximum Gasteiger partial charge on any atom is 0.239 e. The van der Waals surface area contributed by atoms with Crippen LogP contribution in [0.2, 0.25) is 0 Å². The number of hydrogen-bond donors (Lipinski definition) is 0. The fraction of sp³-hybridized carbons (Fsp3) is 0.364. The Morgan fingerprint density at radius 2 is 2.43 bits per heavy atom. The summed E-state index contributed by atoms with van der Waals surface area (Å²) in [6.07, 6.45) is 0.914. The second kappa shape index (κ2) is 3.59. The molecule has 0 unspecified atom stereocenters. The highest BCUT2D eigenvalue weighted by Gasteiger charge is 2.18. The van der Waals surface area contributed by atoms with Gasteiger partial charge in [-0.2, -0.15) is 0 Å². The van der Waals surface area contributed by atoms with Gasteiger partial charge in [0.05, 0.1) is 13.7 Å². The molecule has 1 heterocycles. The Bertz CT molecular complexity index is 393. The van der Waals surface area contributed by atoms with E-state index in [2.05, 4.69) is 4.85 Å². The molecule has 0 N–H and O–H groups in total. The molecule has 0 radical (unpaired) electrons. The summed E-state index contributed by atoms with van der Waals surface area (Å²) in [5.41, 5.74) is 2.16. The Hall–Kier alpha value is -1.69. The lowest BCUT2D eigenvalue weighted by Gasteiger charge is -2.07. The van der Waals surface area contributed by atoms with Crippen molar-refractivity contribution in [3.8, 4) is 11.5 Å². The number of methoxy groups -OCH3 is 1. The van der Waals surface area contributed by atoms with E-state index in [0.29, 0.717) is 13.2 Å². The number of benzene rings is 1. The van der Waals surface area contributed by atoms with Gasteiger partial charge in [-0.1, -0.05) is 0 Å². The minimum absolute atomic E-state index is 0.406. The van der Waals surface area contributed by atoms with Crippen LogP contribution < -0.4 is 9.47 Å². The van der Waals surface area contributed by atoms with Crippen LogP contribution in [0.4, 0.5) is 0 Å². The van der Waals surface area contributed by atoms with E-state index in [9.17, 15) is 0 Å². The van der Waals surface area contributed by atoms with Gasteiger partial charge in [-0.3, -0.25) is 0 Å². The summed E-state index contributed by atoms with van der Waals surface area (Å²) < 4.78 is 10.7. The molecule has 2 rings (SSSR count). The number of hydrogen-bond acceptors (Lipinski definition) is 2. The second-order valence-corrected chi connectivity index (χ2v) is 3.20. The van der Waals surface area contributed by atoms with Crippen LogP contribution in [0.3, 0.4) is 0 Å². The number of nitrogens with zero attached hydrogens (tertiary/aromatic N) is 1. The number of fused-ring (bicyclic) bond motifs is 1. The monoisotopic (exact) mass is 189 g/mol. The molecular formula is C11H11NO2. The van der Waals surface area contributed by atoms with E-state index >= 15 is 0 Å². The van der Waals surface area contributed by atoms with Gasteiger partial charge in [-0.05, 0) is 12.1 Å². The molecule has 1 aliphatic heterocycles. The average molecular weight is 189 g/mol. The Kier molecular flexibility index (Phi) is 2.28. The third-order valence-corrected chi connectivity index (χ3v) is 2.29. The molecule has 72 valence electrons. The van der Waals surface area contributed by atoms with E-state index in [4.69, 9.17) is 16.0 Å². The van der Waals surface area contributed by atoms with Gasteiger partial charge < -0.3 is 14.3 Å². The van der Waals surface area contributed by atoms with Crippen molar-refractivity contribution in [3.05, 3.63) is 34.7 Å². The van der Waals surface area contributed by atoms with E-state index in [1.165, 1.54) is 0 Å². The molecule has 0 saturated heterocycles. The molecule has 14 heavy (non-hydrogen) atoms. The lowest BCUT2D eigenvalue weighted by molar-refractivity contribution is 0.326. The van der Waals surface area contributed by atoms with E-state index in [1.54, 1.807) is 7.11 Å². The average Bonchev–Trinajstić information content (AvgIpc) is 2.65. The van der Waals surface area contributed by atoms with E-state index < -0.39 is 0 Å². The van der Waals surface area contributed by atoms with Crippen molar-refractivity contribution in [3.63, 3.8) is 0 Å².